The lowest BCUT2D eigenvalue weighted by Gasteiger charge is -2.46. The van der Waals surface area contributed by atoms with Gasteiger partial charge in [-0.05, 0) is 97.3 Å². The van der Waals surface area contributed by atoms with E-state index in [9.17, 15) is 0 Å². The molecule has 2 aliphatic heterocycles. The van der Waals surface area contributed by atoms with Gasteiger partial charge in [0.2, 0.25) is 0 Å². The first kappa shape index (κ1) is 36.7. The van der Waals surface area contributed by atoms with Gasteiger partial charge in [0.15, 0.2) is 0 Å². The Morgan fingerprint density at radius 2 is 0.698 bits per heavy atom. The van der Waals surface area contributed by atoms with Gasteiger partial charge < -0.3 is 9.80 Å². The number of nitrogens with zero attached hydrogens (tertiary/aromatic N) is 2. The van der Waals surface area contributed by atoms with Crippen molar-refractivity contribution < 1.29 is 0 Å². The van der Waals surface area contributed by atoms with E-state index in [-0.39, 0.29) is 6.71 Å². The molecule has 63 heavy (non-hydrogen) atoms. The molecule has 10 aromatic carbocycles. The minimum Gasteiger partial charge on any atom is -0.311 e. The van der Waals surface area contributed by atoms with Crippen molar-refractivity contribution in [2.75, 3.05) is 9.80 Å². The van der Waals surface area contributed by atoms with Crippen LogP contribution in [0.1, 0.15) is 0 Å². The zero-order chi connectivity index (χ0) is 41.7. The molecule has 0 spiro atoms. The fraction of sp³-hybridized carbons (Fsp3) is 0. The van der Waals surface area contributed by atoms with Crippen molar-refractivity contribution >= 4 is 57.2 Å². The van der Waals surface area contributed by atoms with Crippen LogP contribution >= 0.6 is 0 Å². The third kappa shape index (κ3) is 6.20. The highest BCUT2D eigenvalue weighted by Gasteiger charge is 2.46. The second-order valence-electron chi connectivity index (χ2n) is 16.4. The second kappa shape index (κ2) is 15.4. The Bertz CT molecular complexity index is 3280. The van der Waals surface area contributed by atoms with E-state index in [2.05, 4.69) is 259 Å². The van der Waals surface area contributed by atoms with Crippen LogP contribution in [0.4, 0.5) is 34.1 Å². The third-order valence-electron chi connectivity index (χ3n) is 12.8. The van der Waals surface area contributed by atoms with Gasteiger partial charge in [-0.1, -0.05) is 212 Å². The van der Waals surface area contributed by atoms with Crippen molar-refractivity contribution in [3.63, 3.8) is 0 Å². The van der Waals surface area contributed by atoms with Crippen LogP contribution < -0.4 is 26.2 Å². The highest BCUT2D eigenvalue weighted by atomic mass is 15.2. The van der Waals surface area contributed by atoms with Gasteiger partial charge in [-0.15, -0.1) is 0 Å². The summed E-state index contributed by atoms with van der Waals surface area (Å²) in [6.45, 7) is -0.0846. The molecule has 0 unspecified atom stereocenters. The molecule has 0 amide bonds. The van der Waals surface area contributed by atoms with E-state index in [1.54, 1.807) is 0 Å². The largest absolute Gasteiger partial charge is 0.311 e. The summed E-state index contributed by atoms with van der Waals surface area (Å²) in [4.78, 5) is 5.14. The molecule has 0 fully saturated rings. The maximum atomic E-state index is 2.57. The molecule has 3 heteroatoms. The van der Waals surface area contributed by atoms with Crippen LogP contribution in [0.25, 0.3) is 55.6 Å². The number of para-hydroxylation sites is 2. The van der Waals surface area contributed by atoms with Gasteiger partial charge in [0.05, 0.1) is 5.69 Å². The third-order valence-corrected chi connectivity index (χ3v) is 12.8. The summed E-state index contributed by atoms with van der Waals surface area (Å²) in [7, 11) is 0. The van der Waals surface area contributed by atoms with Crippen molar-refractivity contribution in [1.82, 2.24) is 0 Å². The monoisotopic (exact) mass is 800 g/mol. The smallest absolute Gasteiger partial charge is 0.252 e. The van der Waals surface area contributed by atoms with Crippen molar-refractivity contribution in [3.8, 4) is 55.6 Å². The molecule has 2 nitrogen and oxygen atoms in total. The van der Waals surface area contributed by atoms with E-state index >= 15 is 0 Å². The van der Waals surface area contributed by atoms with E-state index in [4.69, 9.17) is 0 Å². The Labute approximate surface area is 369 Å². The lowest BCUT2D eigenvalue weighted by molar-refractivity contribution is 1.25. The molecular formula is C60H41BN2. The Balaban J connectivity index is 1.24. The Kier molecular flexibility index (Phi) is 8.97. The van der Waals surface area contributed by atoms with Gasteiger partial charge in [-0.3, -0.25) is 0 Å². The molecular weight excluding hydrogens is 759 g/mol. The molecule has 12 rings (SSSR count). The average molecular weight is 801 g/mol. The highest BCUT2D eigenvalue weighted by Crippen LogP contribution is 2.50. The SMILES string of the molecule is c1ccc(-c2cccc(N3c4cc(-c5ccccc5)cc5c4B(c4cccc(-c6ccccc6)c43)c3c(-c4ccccc4)cccc3N5c3ccccc3-c3ccccc3)c2)cc1. The molecule has 0 N–H and O–H groups in total. The lowest BCUT2D eigenvalue weighted by atomic mass is 9.32. The molecule has 294 valence electrons. The maximum Gasteiger partial charge on any atom is 0.252 e. The number of fused-ring (bicyclic) bond motifs is 4. The quantitative estimate of drug-likeness (QED) is 0.148. The number of hydrogen-bond acceptors (Lipinski definition) is 2. The van der Waals surface area contributed by atoms with E-state index in [0.29, 0.717) is 0 Å². The van der Waals surface area contributed by atoms with E-state index < -0.39 is 0 Å². The molecule has 0 radical (unpaired) electrons. The maximum absolute atomic E-state index is 2.57. The normalized spacial score (nSPS) is 12.3. The van der Waals surface area contributed by atoms with Crippen molar-refractivity contribution in [3.05, 3.63) is 249 Å². The summed E-state index contributed by atoms with van der Waals surface area (Å²) in [5.41, 5.74) is 22.8. The zero-order valence-electron chi connectivity index (χ0n) is 34.6. The van der Waals surface area contributed by atoms with E-state index in [1.165, 1.54) is 89.2 Å². The van der Waals surface area contributed by atoms with E-state index in [1.807, 2.05) is 0 Å². The molecule has 0 saturated heterocycles. The second-order valence-corrected chi connectivity index (χ2v) is 16.4. The van der Waals surface area contributed by atoms with Crippen molar-refractivity contribution in [2.24, 2.45) is 0 Å². The fourth-order valence-corrected chi connectivity index (χ4v) is 10.1. The van der Waals surface area contributed by atoms with Crippen LogP contribution in [0.5, 0.6) is 0 Å². The van der Waals surface area contributed by atoms with Gasteiger partial charge in [0, 0.05) is 39.6 Å². The minimum absolute atomic E-state index is 0.0846. The summed E-state index contributed by atoms with van der Waals surface area (Å²) < 4.78 is 0. The molecule has 2 aliphatic rings. The number of hydrogen-bond donors (Lipinski definition) is 0. The number of benzene rings is 10. The standard InChI is InChI=1S/C60H41BN2/c1-6-21-42(22-7-1)47-31-18-32-49(39-47)62-56-40-48(43-23-8-2-9-24-43)41-57-59(56)61(53-36-19-35-52(60(53)62)46-29-14-5-15-30-46)58-51(45-27-12-4-13-28-45)34-20-38-55(58)63(57)54-37-17-16-33-50(54)44-25-10-3-11-26-44/h1-41H. The molecule has 0 saturated carbocycles. The molecule has 0 bridgehead atoms. The lowest BCUT2D eigenvalue weighted by Crippen LogP contribution is -2.62. The highest BCUT2D eigenvalue weighted by molar-refractivity contribution is 7.01. The van der Waals surface area contributed by atoms with E-state index in [0.717, 1.165) is 16.9 Å². The minimum atomic E-state index is -0.0846. The average Bonchev–Trinajstić information content (AvgIpc) is 3.37. The first-order chi connectivity index (χ1) is 31.3. The Morgan fingerprint density at radius 3 is 1.35 bits per heavy atom. The van der Waals surface area contributed by atoms with Crippen LogP contribution in [-0.4, -0.2) is 6.71 Å². The molecule has 10 aromatic rings. The van der Waals surface area contributed by atoms with Crippen LogP contribution in [0.15, 0.2) is 249 Å². The molecule has 2 heterocycles. The number of rotatable bonds is 7. The van der Waals surface area contributed by atoms with Gasteiger partial charge in [-0.25, -0.2) is 0 Å². The first-order valence-electron chi connectivity index (χ1n) is 21.8. The Hall–Kier alpha value is -8.14. The zero-order valence-corrected chi connectivity index (χ0v) is 34.6. The predicted molar refractivity (Wildman–Crippen MR) is 268 cm³/mol. The van der Waals surface area contributed by atoms with Crippen LogP contribution in [-0.2, 0) is 0 Å². The molecule has 0 atom stereocenters. The fourth-order valence-electron chi connectivity index (χ4n) is 10.1. The summed E-state index contributed by atoms with van der Waals surface area (Å²) in [5, 5.41) is 0. The van der Waals surface area contributed by atoms with Gasteiger partial charge in [-0.2, -0.15) is 0 Å². The summed E-state index contributed by atoms with van der Waals surface area (Å²) in [6, 6.07) is 91.2. The predicted octanol–water partition coefficient (Wildman–Crippen LogP) is 14.1. The van der Waals surface area contributed by atoms with Crippen LogP contribution in [0.2, 0.25) is 0 Å². The summed E-state index contributed by atoms with van der Waals surface area (Å²) in [6.07, 6.45) is 0. The van der Waals surface area contributed by atoms with Crippen molar-refractivity contribution in [2.45, 2.75) is 0 Å². The summed E-state index contributed by atoms with van der Waals surface area (Å²) in [5.74, 6) is 0. The van der Waals surface area contributed by atoms with Crippen molar-refractivity contribution in [1.29, 1.82) is 0 Å². The first-order valence-corrected chi connectivity index (χ1v) is 21.8. The summed E-state index contributed by atoms with van der Waals surface area (Å²) >= 11 is 0. The van der Waals surface area contributed by atoms with Gasteiger partial charge in [0.1, 0.15) is 0 Å². The van der Waals surface area contributed by atoms with Crippen LogP contribution in [0.3, 0.4) is 0 Å². The Morgan fingerprint density at radius 1 is 0.254 bits per heavy atom. The van der Waals surface area contributed by atoms with Crippen LogP contribution in [0, 0.1) is 0 Å². The topological polar surface area (TPSA) is 6.48 Å². The molecule has 0 aromatic heterocycles. The van der Waals surface area contributed by atoms with Gasteiger partial charge in [0.25, 0.3) is 6.71 Å². The van der Waals surface area contributed by atoms with Gasteiger partial charge >= 0.3 is 0 Å². The molecule has 0 aliphatic carbocycles. The number of anilines is 6.